The quantitative estimate of drug-likeness (QED) is 0.766. The van der Waals surface area contributed by atoms with Crippen LogP contribution in [-0.2, 0) is 0 Å². The van der Waals surface area contributed by atoms with Gasteiger partial charge in [-0.1, -0.05) is 34.1 Å². The molecule has 3 nitrogen and oxygen atoms in total. The van der Waals surface area contributed by atoms with E-state index in [9.17, 15) is 0 Å². The summed E-state index contributed by atoms with van der Waals surface area (Å²) in [6, 6.07) is 13.8. The van der Waals surface area contributed by atoms with Crippen molar-refractivity contribution in [1.82, 2.24) is 0 Å². The summed E-state index contributed by atoms with van der Waals surface area (Å²) in [7, 11) is 4.96. The fourth-order valence-corrected chi connectivity index (χ4v) is 2.66. The smallest absolute Gasteiger partial charge is 0.127 e. The molecule has 2 aromatic carbocycles. The molecule has 0 saturated carbocycles. The third kappa shape index (κ3) is 3.07. The molecule has 2 aromatic rings. The minimum atomic E-state index is 0.0502. The molecule has 1 atom stereocenters. The lowest BCUT2D eigenvalue weighted by Crippen LogP contribution is -1.98. The minimum absolute atomic E-state index is 0.0502. The molecule has 0 amide bonds. The molecule has 0 spiro atoms. The molecule has 2 rings (SSSR count). The van der Waals surface area contributed by atoms with E-state index in [0.29, 0.717) is 0 Å². The van der Waals surface area contributed by atoms with Gasteiger partial charge in [-0.15, -0.1) is 0 Å². The van der Waals surface area contributed by atoms with Gasteiger partial charge in [0, 0.05) is 11.6 Å². The van der Waals surface area contributed by atoms with Crippen LogP contribution < -0.4 is 14.2 Å². The van der Waals surface area contributed by atoms with Gasteiger partial charge in [0.05, 0.1) is 26.2 Å². The second kappa shape index (κ2) is 6.66. The van der Waals surface area contributed by atoms with Crippen molar-refractivity contribution in [3.8, 4) is 17.2 Å². The van der Waals surface area contributed by atoms with Gasteiger partial charge in [0.25, 0.3) is 0 Å². The van der Waals surface area contributed by atoms with Gasteiger partial charge in [-0.05, 0) is 23.8 Å². The molecule has 0 fully saturated rings. The Bertz CT molecular complexity index is 566. The molecule has 0 saturated heterocycles. The molecule has 0 aromatic heterocycles. The third-order valence-corrected chi connectivity index (χ3v) is 4.14. The molecule has 106 valence electrons. The van der Waals surface area contributed by atoms with Gasteiger partial charge in [0.15, 0.2) is 0 Å². The summed E-state index contributed by atoms with van der Waals surface area (Å²) in [6.45, 7) is 0. The van der Waals surface area contributed by atoms with Gasteiger partial charge >= 0.3 is 0 Å². The van der Waals surface area contributed by atoms with Crippen LogP contribution in [0.5, 0.6) is 17.2 Å². The first kappa shape index (κ1) is 14.7. The monoisotopic (exact) mass is 336 g/mol. The molecule has 20 heavy (non-hydrogen) atoms. The Kier molecular flexibility index (Phi) is 4.90. The lowest BCUT2D eigenvalue weighted by Gasteiger charge is -2.16. The summed E-state index contributed by atoms with van der Waals surface area (Å²) in [5, 5.41) is 0. The van der Waals surface area contributed by atoms with Crippen LogP contribution >= 0.6 is 15.9 Å². The van der Waals surface area contributed by atoms with Crippen molar-refractivity contribution in [1.29, 1.82) is 0 Å². The molecule has 0 heterocycles. The second-order valence-corrected chi connectivity index (χ2v) is 5.16. The van der Waals surface area contributed by atoms with E-state index >= 15 is 0 Å². The Hall–Kier alpha value is -1.68. The molecule has 0 N–H and O–H groups in total. The SMILES string of the molecule is COc1ccc(C(Br)c2ccc(OC)cc2OC)cc1. The number of hydrogen-bond donors (Lipinski definition) is 0. The molecule has 1 unspecified atom stereocenters. The van der Waals surface area contributed by atoms with Gasteiger partial charge in [0.1, 0.15) is 17.2 Å². The van der Waals surface area contributed by atoms with Crippen molar-refractivity contribution >= 4 is 15.9 Å². The maximum atomic E-state index is 5.44. The standard InChI is InChI=1S/C16H17BrO3/c1-18-12-6-4-11(5-7-12)16(17)14-9-8-13(19-2)10-15(14)20-3/h4-10,16H,1-3H3. The molecule has 0 bridgehead atoms. The van der Waals surface area contributed by atoms with Crippen LogP contribution in [0.2, 0.25) is 0 Å². The van der Waals surface area contributed by atoms with E-state index in [0.717, 1.165) is 28.4 Å². The van der Waals surface area contributed by atoms with Crippen molar-refractivity contribution < 1.29 is 14.2 Å². The average Bonchev–Trinajstić information content (AvgIpc) is 2.53. The number of alkyl halides is 1. The molecule has 0 radical (unpaired) electrons. The van der Waals surface area contributed by atoms with Crippen molar-refractivity contribution in [3.05, 3.63) is 53.6 Å². The number of hydrogen-bond acceptors (Lipinski definition) is 3. The maximum Gasteiger partial charge on any atom is 0.127 e. The van der Waals surface area contributed by atoms with Gasteiger partial charge in [-0.25, -0.2) is 0 Å². The van der Waals surface area contributed by atoms with E-state index in [2.05, 4.69) is 15.9 Å². The average molecular weight is 337 g/mol. The van der Waals surface area contributed by atoms with Gasteiger partial charge < -0.3 is 14.2 Å². The van der Waals surface area contributed by atoms with Crippen LogP contribution in [0, 0.1) is 0 Å². The highest BCUT2D eigenvalue weighted by Crippen LogP contribution is 2.38. The normalized spacial score (nSPS) is 11.8. The van der Waals surface area contributed by atoms with Crippen LogP contribution in [0.15, 0.2) is 42.5 Å². The van der Waals surface area contributed by atoms with Gasteiger partial charge in [-0.2, -0.15) is 0 Å². The zero-order valence-electron chi connectivity index (χ0n) is 11.7. The Labute approximate surface area is 127 Å². The fourth-order valence-electron chi connectivity index (χ4n) is 1.98. The van der Waals surface area contributed by atoms with Crippen LogP contribution in [0.3, 0.4) is 0 Å². The lowest BCUT2D eigenvalue weighted by molar-refractivity contribution is 0.391. The summed E-state index contributed by atoms with van der Waals surface area (Å²) in [5.41, 5.74) is 2.19. The maximum absolute atomic E-state index is 5.44. The fraction of sp³-hybridized carbons (Fsp3) is 0.250. The zero-order chi connectivity index (χ0) is 14.5. The molecule has 0 aliphatic carbocycles. The van der Waals surface area contributed by atoms with Crippen LogP contribution in [0.1, 0.15) is 16.0 Å². The number of halogens is 1. The number of methoxy groups -OCH3 is 3. The summed E-state index contributed by atoms with van der Waals surface area (Å²) in [6.07, 6.45) is 0. The van der Waals surface area contributed by atoms with E-state index in [4.69, 9.17) is 14.2 Å². The Morgan fingerprint density at radius 1 is 0.800 bits per heavy atom. The van der Waals surface area contributed by atoms with Gasteiger partial charge in [0.2, 0.25) is 0 Å². The summed E-state index contributed by atoms with van der Waals surface area (Å²) in [5.74, 6) is 2.41. The third-order valence-electron chi connectivity index (χ3n) is 3.12. The molecular weight excluding hydrogens is 320 g/mol. The summed E-state index contributed by atoms with van der Waals surface area (Å²) >= 11 is 3.72. The highest BCUT2D eigenvalue weighted by Gasteiger charge is 2.16. The Balaban J connectivity index is 2.33. The molecule has 0 aliphatic heterocycles. The Morgan fingerprint density at radius 3 is 1.95 bits per heavy atom. The second-order valence-electron chi connectivity index (χ2n) is 4.24. The van der Waals surface area contributed by atoms with E-state index in [1.165, 1.54) is 0 Å². The topological polar surface area (TPSA) is 27.7 Å². The van der Waals surface area contributed by atoms with Crippen molar-refractivity contribution in [3.63, 3.8) is 0 Å². The van der Waals surface area contributed by atoms with Crippen molar-refractivity contribution in [2.24, 2.45) is 0 Å². The van der Waals surface area contributed by atoms with E-state index in [1.54, 1.807) is 21.3 Å². The highest BCUT2D eigenvalue weighted by atomic mass is 79.9. The van der Waals surface area contributed by atoms with Crippen LogP contribution in [0.4, 0.5) is 0 Å². The van der Waals surface area contributed by atoms with E-state index < -0.39 is 0 Å². The predicted molar refractivity (Wildman–Crippen MR) is 83.3 cm³/mol. The van der Waals surface area contributed by atoms with Crippen LogP contribution in [0.25, 0.3) is 0 Å². The molecule has 0 aliphatic rings. The molecular formula is C16H17BrO3. The van der Waals surface area contributed by atoms with E-state index in [1.807, 2.05) is 42.5 Å². The Morgan fingerprint density at radius 2 is 1.40 bits per heavy atom. The predicted octanol–water partition coefficient (Wildman–Crippen LogP) is 4.20. The first-order valence-corrected chi connectivity index (χ1v) is 7.11. The highest BCUT2D eigenvalue weighted by molar-refractivity contribution is 9.09. The van der Waals surface area contributed by atoms with Crippen molar-refractivity contribution in [2.75, 3.05) is 21.3 Å². The largest absolute Gasteiger partial charge is 0.497 e. The number of rotatable bonds is 5. The summed E-state index contributed by atoms with van der Waals surface area (Å²) in [4.78, 5) is 0.0502. The van der Waals surface area contributed by atoms with Gasteiger partial charge in [-0.3, -0.25) is 0 Å². The molecule has 4 heteroatoms. The first-order chi connectivity index (χ1) is 9.69. The van der Waals surface area contributed by atoms with E-state index in [-0.39, 0.29) is 4.83 Å². The summed E-state index contributed by atoms with van der Waals surface area (Å²) < 4.78 is 15.8. The van der Waals surface area contributed by atoms with Crippen molar-refractivity contribution in [2.45, 2.75) is 4.83 Å². The number of benzene rings is 2. The van der Waals surface area contributed by atoms with Crippen LogP contribution in [-0.4, -0.2) is 21.3 Å². The number of ether oxygens (including phenoxy) is 3. The lowest BCUT2D eigenvalue weighted by atomic mass is 10.0. The zero-order valence-corrected chi connectivity index (χ0v) is 13.3. The minimum Gasteiger partial charge on any atom is -0.497 e. The first-order valence-electron chi connectivity index (χ1n) is 6.19.